The zero-order valence-corrected chi connectivity index (χ0v) is 26.9. The third-order valence-electron chi connectivity index (χ3n) is 7.35. The van der Waals surface area contributed by atoms with E-state index in [1.54, 1.807) is 36.4 Å². The van der Waals surface area contributed by atoms with Gasteiger partial charge < -0.3 is 10.2 Å². The Kier molecular flexibility index (Phi) is 11.7. The van der Waals surface area contributed by atoms with Crippen molar-refractivity contribution in [2.24, 2.45) is 0 Å². The molecule has 4 rings (SSSR count). The topological polar surface area (TPSA) is 86.8 Å². The van der Waals surface area contributed by atoms with E-state index in [-0.39, 0.29) is 29.5 Å². The van der Waals surface area contributed by atoms with Crippen LogP contribution in [-0.2, 0) is 32.6 Å². The molecular formula is C35H37ClFN3O4S. The van der Waals surface area contributed by atoms with Crippen LogP contribution in [0.2, 0.25) is 5.02 Å². The molecule has 4 aromatic carbocycles. The van der Waals surface area contributed by atoms with Gasteiger partial charge in [0, 0.05) is 24.5 Å². The Morgan fingerprint density at radius 1 is 0.889 bits per heavy atom. The van der Waals surface area contributed by atoms with Crippen LogP contribution in [0, 0.1) is 12.7 Å². The van der Waals surface area contributed by atoms with E-state index in [0.29, 0.717) is 17.1 Å². The molecule has 1 N–H and O–H groups in total. The molecule has 0 bridgehead atoms. The van der Waals surface area contributed by atoms with Gasteiger partial charge in [0.2, 0.25) is 11.8 Å². The van der Waals surface area contributed by atoms with Crippen molar-refractivity contribution >= 4 is 39.1 Å². The minimum Gasteiger partial charge on any atom is -0.354 e. The number of sulfonamides is 1. The summed E-state index contributed by atoms with van der Waals surface area (Å²) >= 11 is 6.27. The van der Waals surface area contributed by atoms with Gasteiger partial charge in [-0.1, -0.05) is 97.2 Å². The number of para-hydroxylation sites is 1. The summed E-state index contributed by atoms with van der Waals surface area (Å²) in [6, 6.07) is 26.7. The van der Waals surface area contributed by atoms with Crippen LogP contribution in [0.3, 0.4) is 0 Å². The molecule has 0 heterocycles. The van der Waals surface area contributed by atoms with Crippen LogP contribution in [-0.4, -0.2) is 44.3 Å². The Labute approximate surface area is 269 Å². The smallest absolute Gasteiger partial charge is 0.264 e. The Bertz CT molecular complexity index is 1700. The molecule has 0 radical (unpaired) electrons. The monoisotopic (exact) mass is 649 g/mol. The number of rotatable bonds is 14. The van der Waals surface area contributed by atoms with Crippen LogP contribution < -0.4 is 9.62 Å². The molecule has 0 unspecified atom stereocenters. The molecule has 10 heteroatoms. The van der Waals surface area contributed by atoms with Crippen molar-refractivity contribution in [1.29, 1.82) is 0 Å². The molecule has 45 heavy (non-hydrogen) atoms. The molecule has 0 aliphatic carbocycles. The zero-order valence-electron chi connectivity index (χ0n) is 25.3. The summed E-state index contributed by atoms with van der Waals surface area (Å²) in [6.07, 6.45) is 1.79. The fourth-order valence-electron chi connectivity index (χ4n) is 4.90. The number of aryl methyl sites for hydroxylation is 1. The minimum atomic E-state index is -4.40. The zero-order chi connectivity index (χ0) is 32.4. The maximum absolute atomic E-state index is 15.2. The Morgan fingerprint density at radius 3 is 2.22 bits per heavy atom. The molecule has 4 aromatic rings. The van der Waals surface area contributed by atoms with Crippen LogP contribution in [0.25, 0.3) is 0 Å². The molecule has 7 nitrogen and oxygen atoms in total. The minimum absolute atomic E-state index is 0.0339. The third kappa shape index (κ3) is 8.93. The predicted octanol–water partition coefficient (Wildman–Crippen LogP) is 6.54. The lowest BCUT2D eigenvalue weighted by molar-refractivity contribution is -0.140. The third-order valence-corrected chi connectivity index (χ3v) is 9.36. The first kappa shape index (κ1) is 33.7. The van der Waals surface area contributed by atoms with Gasteiger partial charge in [-0.15, -0.1) is 0 Å². The molecule has 236 valence electrons. The number of carbonyl (C=O) groups excluding carboxylic acids is 2. The molecule has 0 saturated carbocycles. The van der Waals surface area contributed by atoms with Crippen LogP contribution in [0.1, 0.15) is 36.5 Å². The van der Waals surface area contributed by atoms with Gasteiger partial charge in [0.15, 0.2) is 0 Å². The first-order valence-corrected chi connectivity index (χ1v) is 16.6. The second kappa shape index (κ2) is 15.7. The van der Waals surface area contributed by atoms with E-state index in [4.69, 9.17) is 11.6 Å². The number of benzene rings is 4. The van der Waals surface area contributed by atoms with Gasteiger partial charge >= 0.3 is 0 Å². The number of nitrogens with one attached hydrogen (secondary N) is 1. The van der Waals surface area contributed by atoms with Crippen LogP contribution in [0.4, 0.5) is 10.1 Å². The van der Waals surface area contributed by atoms with E-state index >= 15 is 4.39 Å². The number of hydrogen-bond acceptors (Lipinski definition) is 4. The molecular weight excluding hydrogens is 613 g/mol. The first-order chi connectivity index (χ1) is 21.6. The maximum Gasteiger partial charge on any atom is 0.264 e. The lowest BCUT2D eigenvalue weighted by Gasteiger charge is -2.34. The normalized spacial score (nSPS) is 11.9. The fourth-order valence-corrected chi connectivity index (χ4v) is 6.53. The highest BCUT2D eigenvalue weighted by Gasteiger charge is 2.35. The SMILES string of the molecule is CCCCNC(=O)[C@@H](Cc1ccccc1)N(Cc1cccc(Cl)c1)C(=O)CN(c1ccccc1F)S(=O)(=O)c1ccc(C)cc1. The van der Waals surface area contributed by atoms with Crippen molar-refractivity contribution in [1.82, 2.24) is 10.2 Å². The highest BCUT2D eigenvalue weighted by molar-refractivity contribution is 7.92. The molecule has 2 amide bonds. The molecule has 0 aromatic heterocycles. The molecule has 0 saturated heterocycles. The van der Waals surface area contributed by atoms with E-state index in [0.717, 1.165) is 34.3 Å². The van der Waals surface area contributed by atoms with Gasteiger partial charge in [-0.05, 0) is 60.9 Å². The summed E-state index contributed by atoms with van der Waals surface area (Å²) in [6.45, 7) is 3.47. The van der Waals surface area contributed by atoms with Crippen molar-refractivity contribution in [3.63, 3.8) is 0 Å². The van der Waals surface area contributed by atoms with Gasteiger partial charge in [0.1, 0.15) is 18.4 Å². The van der Waals surface area contributed by atoms with E-state index in [1.165, 1.54) is 35.2 Å². The highest BCUT2D eigenvalue weighted by Crippen LogP contribution is 2.27. The second-order valence-corrected chi connectivity index (χ2v) is 13.1. The van der Waals surface area contributed by atoms with Gasteiger partial charge in [-0.2, -0.15) is 0 Å². The number of anilines is 1. The average molecular weight is 650 g/mol. The largest absolute Gasteiger partial charge is 0.354 e. The molecule has 0 spiro atoms. The van der Waals surface area contributed by atoms with E-state index < -0.39 is 34.3 Å². The van der Waals surface area contributed by atoms with Crippen molar-refractivity contribution in [3.05, 3.63) is 131 Å². The van der Waals surface area contributed by atoms with Gasteiger partial charge in [-0.3, -0.25) is 13.9 Å². The summed E-state index contributed by atoms with van der Waals surface area (Å²) in [5.41, 5.74) is 2.03. The number of halogens is 2. The highest BCUT2D eigenvalue weighted by atomic mass is 35.5. The molecule has 0 aliphatic rings. The van der Waals surface area contributed by atoms with Gasteiger partial charge in [0.25, 0.3) is 10.0 Å². The number of amides is 2. The lowest BCUT2D eigenvalue weighted by Crippen LogP contribution is -2.53. The Hall–Kier alpha value is -4.21. The van der Waals surface area contributed by atoms with Gasteiger partial charge in [-0.25, -0.2) is 12.8 Å². The fraction of sp³-hybridized carbons (Fsp3) is 0.257. The lowest BCUT2D eigenvalue weighted by atomic mass is 10.0. The van der Waals surface area contributed by atoms with Gasteiger partial charge in [0.05, 0.1) is 10.6 Å². The Balaban J connectivity index is 1.80. The predicted molar refractivity (Wildman–Crippen MR) is 176 cm³/mol. The van der Waals surface area contributed by atoms with E-state index in [2.05, 4.69) is 5.32 Å². The van der Waals surface area contributed by atoms with Crippen LogP contribution in [0.5, 0.6) is 0 Å². The number of hydrogen-bond donors (Lipinski definition) is 1. The van der Waals surface area contributed by atoms with Crippen LogP contribution in [0.15, 0.2) is 108 Å². The van der Waals surface area contributed by atoms with Crippen LogP contribution >= 0.6 is 11.6 Å². The summed E-state index contributed by atoms with van der Waals surface area (Å²) in [5, 5.41) is 3.39. The summed E-state index contributed by atoms with van der Waals surface area (Å²) in [7, 11) is -4.40. The van der Waals surface area contributed by atoms with E-state index in [9.17, 15) is 18.0 Å². The van der Waals surface area contributed by atoms with Crippen molar-refractivity contribution in [3.8, 4) is 0 Å². The number of unbranched alkanes of at least 4 members (excludes halogenated alkanes) is 1. The molecule has 0 aliphatic heterocycles. The van der Waals surface area contributed by atoms with Crippen molar-refractivity contribution in [2.75, 3.05) is 17.4 Å². The van der Waals surface area contributed by atoms with E-state index in [1.807, 2.05) is 44.2 Å². The quantitative estimate of drug-likeness (QED) is 0.157. The standard InChI is InChI=1S/C35H37ClFN3O4S/c1-3-4-21-38-35(42)33(23-27-11-6-5-7-12-27)39(24-28-13-10-14-29(36)22-28)34(41)25-40(32-16-9-8-15-31(32)37)45(43,44)30-19-17-26(2)18-20-30/h5-20,22,33H,3-4,21,23-25H2,1-2H3,(H,38,42)/t33-/m1/s1. The van der Waals surface area contributed by atoms with Crippen molar-refractivity contribution in [2.45, 2.75) is 50.6 Å². The maximum atomic E-state index is 15.2. The Morgan fingerprint density at radius 2 is 1.56 bits per heavy atom. The molecule has 0 fully saturated rings. The molecule has 1 atom stereocenters. The summed E-state index contributed by atoms with van der Waals surface area (Å²) < 4.78 is 44.0. The summed E-state index contributed by atoms with van der Waals surface area (Å²) in [4.78, 5) is 29.4. The second-order valence-electron chi connectivity index (χ2n) is 10.8. The summed E-state index contributed by atoms with van der Waals surface area (Å²) in [5.74, 6) is -1.86. The average Bonchev–Trinajstić information content (AvgIpc) is 3.02. The number of carbonyl (C=O) groups is 2. The first-order valence-electron chi connectivity index (χ1n) is 14.8. The van der Waals surface area contributed by atoms with Crippen molar-refractivity contribution < 1.29 is 22.4 Å². The number of nitrogens with zero attached hydrogens (tertiary/aromatic N) is 2.